The standard InChI is InChI=1S/C51H84O23/c1-19-8-13-51(74-44(19)72-47-40(63)37(60)34(57)29(17-53)68-47)20(2)31-27(73-51)15-26-24-7-6-22-14-23(9-11-49(22,4)25(24)10-12-50(26,31)5)66-48-43(71-45-38(61)35(58)32(55)21(3)65-45)41(64)42(30(18-54)69-48)70-46-39(62)36(59)33(56)28(16-52)67-46/h19-48,52-64H,6-18H2,1-5H3/t19-,20-,21-,22+,23-,24+,25-,26-,27-,28+,29+,30+,31-,32-,33+,34+,35+,36-,37-,38+,39+,40+,41-,42-,43+,44?,45-,46-,47-,48+,49-,50-,51-/m0/s1. The smallest absolute Gasteiger partial charge is 0.189 e. The first kappa shape index (κ1) is 56.4. The van der Waals surface area contributed by atoms with Crippen LogP contribution < -0.4 is 0 Å². The lowest BCUT2D eigenvalue weighted by Crippen LogP contribution is -2.67. The first-order chi connectivity index (χ1) is 35.1. The quantitative estimate of drug-likeness (QED) is 0.0947. The first-order valence-corrected chi connectivity index (χ1v) is 27.3. The molecule has 1 unspecified atom stereocenters. The highest BCUT2D eigenvalue weighted by Gasteiger charge is 2.70. The molecule has 23 heteroatoms. The lowest BCUT2D eigenvalue weighted by Gasteiger charge is -2.61. The van der Waals surface area contributed by atoms with E-state index in [2.05, 4.69) is 20.8 Å². The van der Waals surface area contributed by atoms with E-state index in [0.29, 0.717) is 37.0 Å². The van der Waals surface area contributed by atoms with Crippen LogP contribution in [0.15, 0.2) is 0 Å². The summed E-state index contributed by atoms with van der Waals surface area (Å²) in [5, 5.41) is 138. The Labute approximate surface area is 430 Å². The molecular weight excluding hydrogens is 981 g/mol. The monoisotopic (exact) mass is 1060 g/mol. The third-order valence-corrected chi connectivity index (χ3v) is 20.5. The van der Waals surface area contributed by atoms with Crippen molar-refractivity contribution < 1.29 is 114 Å². The average molecular weight is 1070 g/mol. The Balaban J connectivity index is 0.810. The minimum Gasteiger partial charge on any atom is -0.394 e. The van der Waals surface area contributed by atoms with Crippen LogP contribution >= 0.6 is 0 Å². The maximum Gasteiger partial charge on any atom is 0.189 e. The van der Waals surface area contributed by atoms with Gasteiger partial charge in [0, 0.05) is 18.3 Å². The molecule has 74 heavy (non-hydrogen) atoms. The van der Waals surface area contributed by atoms with Gasteiger partial charge in [-0.1, -0.05) is 27.7 Å². The third-order valence-electron chi connectivity index (χ3n) is 20.5. The van der Waals surface area contributed by atoms with Crippen LogP contribution in [0.5, 0.6) is 0 Å². The predicted octanol–water partition coefficient (Wildman–Crippen LogP) is -2.56. The topological polar surface area (TPSA) is 355 Å². The number of aliphatic hydroxyl groups is 13. The van der Waals surface area contributed by atoms with Gasteiger partial charge in [-0.05, 0) is 105 Å². The van der Waals surface area contributed by atoms with Crippen LogP contribution in [0.25, 0.3) is 0 Å². The molecule has 0 bridgehead atoms. The fourth-order valence-corrected chi connectivity index (χ4v) is 16.1. The molecule has 4 saturated carbocycles. The van der Waals surface area contributed by atoms with Gasteiger partial charge in [0.05, 0.1) is 38.1 Å². The van der Waals surface area contributed by atoms with Crippen molar-refractivity contribution in [3.05, 3.63) is 0 Å². The number of hydrogen-bond acceptors (Lipinski definition) is 23. The Kier molecular flexibility index (Phi) is 16.4. The summed E-state index contributed by atoms with van der Waals surface area (Å²) < 4.78 is 62.4. The molecule has 426 valence electrons. The molecule has 0 aromatic carbocycles. The lowest BCUT2D eigenvalue weighted by atomic mass is 9.44. The molecule has 0 aromatic heterocycles. The van der Waals surface area contributed by atoms with Crippen molar-refractivity contribution >= 4 is 0 Å². The molecular formula is C51H84O23. The first-order valence-electron chi connectivity index (χ1n) is 27.3. The molecule has 0 radical (unpaired) electrons. The van der Waals surface area contributed by atoms with Crippen LogP contribution in [0.3, 0.4) is 0 Å². The van der Waals surface area contributed by atoms with Gasteiger partial charge in [-0.25, -0.2) is 0 Å². The normalized spacial score (nSPS) is 58.6. The number of rotatable bonds is 11. The molecule has 6 aliphatic heterocycles. The number of fused-ring (bicyclic) bond motifs is 7. The fraction of sp³-hybridized carbons (Fsp3) is 1.00. The molecule has 13 N–H and O–H groups in total. The maximum atomic E-state index is 12.1. The Hall–Kier alpha value is -0.920. The van der Waals surface area contributed by atoms with Gasteiger partial charge in [0.2, 0.25) is 0 Å². The molecule has 1 spiro atoms. The zero-order chi connectivity index (χ0) is 53.1. The molecule has 4 aliphatic carbocycles. The summed E-state index contributed by atoms with van der Waals surface area (Å²) in [6, 6.07) is 0. The Bertz CT molecular complexity index is 1900. The Morgan fingerprint density at radius 2 is 1.03 bits per heavy atom. The minimum absolute atomic E-state index is 0.0123. The van der Waals surface area contributed by atoms with Gasteiger partial charge in [-0.15, -0.1) is 0 Å². The predicted molar refractivity (Wildman–Crippen MR) is 248 cm³/mol. The van der Waals surface area contributed by atoms with Crippen LogP contribution in [-0.2, 0) is 47.4 Å². The van der Waals surface area contributed by atoms with Gasteiger partial charge < -0.3 is 114 Å². The lowest BCUT2D eigenvalue weighted by molar-refractivity contribution is -0.398. The SMILES string of the molecule is C[C@@H]1O[C@@H](O[C@H]2[C@H](O[C@H]3CC[C@@]4(C)[C@H](CC[C@@H]5[C@@H]4CC[C@]4(C)[C@@H]6[C@H](C[C@@H]54)O[C@]4(CC[C@H](C)C(O[C@@H]5O[C@H](CO)[C@@H](O)[C@H](O)[C@H]5O)O4)[C@H]6C)C3)O[C@H](CO)[C@H](O[C@@H]3O[C@H](CO)[C@@H](O)[C@H](O)[C@H]3O)[C@@H]2O)[C@H](O)[C@H](O)[C@H]1O. The second kappa shape index (κ2) is 21.5. The van der Waals surface area contributed by atoms with Crippen molar-refractivity contribution in [3.8, 4) is 0 Å². The highest BCUT2D eigenvalue weighted by Crippen LogP contribution is 2.71. The van der Waals surface area contributed by atoms with E-state index in [-0.39, 0.29) is 40.6 Å². The van der Waals surface area contributed by atoms with Gasteiger partial charge in [-0.2, -0.15) is 0 Å². The summed E-state index contributed by atoms with van der Waals surface area (Å²) in [6.45, 7) is 8.54. The average Bonchev–Trinajstić information content (AvgIpc) is 3.83. The highest BCUT2D eigenvalue weighted by molar-refractivity contribution is 5.16. The summed E-state index contributed by atoms with van der Waals surface area (Å²) >= 11 is 0. The van der Waals surface area contributed by atoms with Gasteiger partial charge in [-0.3, -0.25) is 0 Å². The summed E-state index contributed by atoms with van der Waals surface area (Å²) in [7, 11) is 0. The summed E-state index contributed by atoms with van der Waals surface area (Å²) in [4.78, 5) is 0. The number of hydrogen-bond donors (Lipinski definition) is 13. The van der Waals surface area contributed by atoms with Crippen molar-refractivity contribution in [2.75, 3.05) is 19.8 Å². The van der Waals surface area contributed by atoms with Crippen molar-refractivity contribution in [2.24, 2.45) is 52.3 Å². The Morgan fingerprint density at radius 1 is 0.459 bits per heavy atom. The van der Waals surface area contributed by atoms with Gasteiger partial charge in [0.25, 0.3) is 0 Å². The zero-order valence-corrected chi connectivity index (χ0v) is 42.9. The molecule has 6 saturated heterocycles. The zero-order valence-electron chi connectivity index (χ0n) is 42.9. The van der Waals surface area contributed by atoms with Gasteiger partial charge >= 0.3 is 0 Å². The summed E-state index contributed by atoms with van der Waals surface area (Å²) in [5.74, 6) is 0.857. The van der Waals surface area contributed by atoms with Crippen molar-refractivity contribution in [3.63, 3.8) is 0 Å². The highest BCUT2D eigenvalue weighted by atomic mass is 16.8. The molecule has 6 heterocycles. The van der Waals surface area contributed by atoms with Gasteiger partial charge in [0.15, 0.2) is 37.2 Å². The van der Waals surface area contributed by atoms with E-state index in [9.17, 15) is 66.4 Å². The van der Waals surface area contributed by atoms with E-state index in [4.69, 9.17) is 47.4 Å². The third kappa shape index (κ3) is 9.46. The molecule has 10 rings (SSSR count). The second-order valence-corrected chi connectivity index (χ2v) is 24.4. The summed E-state index contributed by atoms with van der Waals surface area (Å²) in [6.07, 6.45) is -23.2. The van der Waals surface area contributed by atoms with Crippen molar-refractivity contribution in [1.29, 1.82) is 0 Å². The number of aliphatic hydroxyl groups excluding tert-OH is 13. The molecule has 33 atom stereocenters. The Morgan fingerprint density at radius 3 is 1.66 bits per heavy atom. The minimum atomic E-state index is -1.84. The molecule has 10 aliphatic rings. The van der Waals surface area contributed by atoms with E-state index in [1.165, 1.54) is 6.92 Å². The van der Waals surface area contributed by atoms with E-state index >= 15 is 0 Å². The second-order valence-electron chi connectivity index (χ2n) is 24.4. The van der Waals surface area contributed by atoms with E-state index in [1.807, 2.05) is 6.92 Å². The van der Waals surface area contributed by atoms with E-state index in [0.717, 1.165) is 44.9 Å². The molecule has 0 amide bonds. The van der Waals surface area contributed by atoms with Crippen molar-refractivity contribution in [1.82, 2.24) is 0 Å². The van der Waals surface area contributed by atoms with E-state index in [1.54, 1.807) is 0 Å². The molecule has 23 nitrogen and oxygen atoms in total. The number of ether oxygens (including phenoxy) is 10. The van der Waals surface area contributed by atoms with Crippen LogP contribution in [-0.4, -0.2) is 233 Å². The van der Waals surface area contributed by atoms with Crippen LogP contribution in [0.4, 0.5) is 0 Å². The maximum absolute atomic E-state index is 12.1. The fourth-order valence-electron chi connectivity index (χ4n) is 16.1. The van der Waals surface area contributed by atoms with Crippen LogP contribution in [0.2, 0.25) is 0 Å². The summed E-state index contributed by atoms with van der Waals surface area (Å²) in [5.41, 5.74) is -0.0251. The van der Waals surface area contributed by atoms with Crippen LogP contribution in [0.1, 0.15) is 98.8 Å². The molecule has 10 fully saturated rings. The largest absolute Gasteiger partial charge is 0.394 e. The molecule has 0 aromatic rings. The van der Waals surface area contributed by atoms with Crippen LogP contribution in [0, 0.1) is 52.3 Å². The van der Waals surface area contributed by atoms with Crippen molar-refractivity contribution in [2.45, 2.75) is 246 Å². The van der Waals surface area contributed by atoms with Gasteiger partial charge in [0.1, 0.15) is 91.6 Å². The van der Waals surface area contributed by atoms with E-state index < -0.39 is 161 Å².